The van der Waals surface area contributed by atoms with E-state index in [-0.39, 0.29) is 18.9 Å². The van der Waals surface area contributed by atoms with E-state index in [2.05, 4.69) is 5.32 Å². The Morgan fingerprint density at radius 2 is 1.58 bits per heavy atom. The number of methoxy groups -OCH3 is 1. The van der Waals surface area contributed by atoms with Crippen LogP contribution in [0, 0.1) is 0 Å². The fourth-order valence-electron chi connectivity index (χ4n) is 3.54. The van der Waals surface area contributed by atoms with Crippen LogP contribution in [0.25, 0.3) is 11.1 Å². The van der Waals surface area contributed by atoms with Crippen molar-refractivity contribution >= 4 is 18.0 Å². The smallest absolute Gasteiger partial charge is 0.411 e. The number of rotatable bonds is 4. The van der Waals surface area contributed by atoms with Crippen LogP contribution >= 0.6 is 0 Å². The van der Waals surface area contributed by atoms with E-state index in [1.165, 1.54) is 12.0 Å². The first-order valence-corrected chi connectivity index (χ1v) is 10.2. The molecule has 0 saturated carbocycles. The summed E-state index contributed by atoms with van der Waals surface area (Å²) in [5.74, 6) is -0.797. The minimum Gasteiger partial charge on any atom is -0.467 e. The van der Waals surface area contributed by atoms with Gasteiger partial charge in [-0.05, 0) is 44.0 Å². The van der Waals surface area contributed by atoms with E-state index in [0.717, 1.165) is 11.1 Å². The van der Waals surface area contributed by atoms with E-state index < -0.39 is 29.7 Å². The molecular formula is C24H28N2O5. The SMILES string of the molecule is COC(=O)[C@@H]1C[C@H](NC(=O)c2ccc(-c3ccccc3)cc2)CN1C(=O)OC(C)(C)C. The highest BCUT2D eigenvalue weighted by atomic mass is 16.6. The van der Waals surface area contributed by atoms with Gasteiger partial charge in [0.1, 0.15) is 11.6 Å². The number of amides is 2. The van der Waals surface area contributed by atoms with Crippen LogP contribution in [0.4, 0.5) is 4.79 Å². The number of nitrogens with one attached hydrogen (secondary N) is 1. The lowest BCUT2D eigenvalue weighted by atomic mass is 10.0. The lowest BCUT2D eigenvalue weighted by Gasteiger charge is -2.27. The Morgan fingerprint density at radius 3 is 2.16 bits per heavy atom. The summed E-state index contributed by atoms with van der Waals surface area (Å²) in [6, 6.07) is 16.0. The molecule has 1 aliphatic heterocycles. The third-order valence-electron chi connectivity index (χ3n) is 4.99. The van der Waals surface area contributed by atoms with Crippen molar-refractivity contribution in [2.24, 2.45) is 0 Å². The molecule has 7 nitrogen and oxygen atoms in total. The van der Waals surface area contributed by atoms with E-state index in [9.17, 15) is 14.4 Å². The Kier molecular flexibility index (Phi) is 6.63. The molecule has 0 unspecified atom stereocenters. The molecule has 0 radical (unpaired) electrons. The summed E-state index contributed by atoms with van der Waals surface area (Å²) in [6.07, 6.45) is -0.341. The van der Waals surface area contributed by atoms with Crippen LogP contribution in [0.3, 0.4) is 0 Å². The topological polar surface area (TPSA) is 84.9 Å². The number of likely N-dealkylation sites (tertiary alicyclic amines) is 1. The van der Waals surface area contributed by atoms with Gasteiger partial charge in [-0.2, -0.15) is 0 Å². The summed E-state index contributed by atoms with van der Waals surface area (Å²) < 4.78 is 10.2. The largest absolute Gasteiger partial charge is 0.467 e. The molecule has 2 aromatic carbocycles. The van der Waals surface area contributed by atoms with Gasteiger partial charge in [0, 0.05) is 24.6 Å². The fourth-order valence-corrected chi connectivity index (χ4v) is 3.54. The highest BCUT2D eigenvalue weighted by Gasteiger charge is 2.42. The van der Waals surface area contributed by atoms with Gasteiger partial charge in [-0.25, -0.2) is 9.59 Å². The van der Waals surface area contributed by atoms with Gasteiger partial charge in [0.15, 0.2) is 0 Å². The van der Waals surface area contributed by atoms with Gasteiger partial charge in [-0.3, -0.25) is 9.69 Å². The molecule has 1 saturated heterocycles. The molecular weight excluding hydrogens is 396 g/mol. The monoisotopic (exact) mass is 424 g/mol. The summed E-state index contributed by atoms with van der Waals surface area (Å²) in [5.41, 5.74) is 1.89. The zero-order valence-corrected chi connectivity index (χ0v) is 18.3. The van der Waals surface area contributed by atoms with Crippen molar-refractivity contribution in [3.8, 4) is 11.1 Å². The number of nitrogens with zero attached hydrogens (tertiary/aromatic N) is 1. The maximum absolute atomic E-state index is 12.7. The van der Waals surface area contributed by atoms with Gasteiger partial charge in [-0.15, -0.1) is 0 Å². The highest BCUT2D eigenvalue weighted by molar-refractivity contribution is 5.95. The lowest BCUT2D eigenvalue weighted by molar-refractivity contribution is -0.145. The Bertz CT molecular complexity index is 935. The van der Waals surface area contributed by atoms with E-state index in [4.69, 9.17) is 9.47 Å². The summed E-state index contributed by atoms with van der Waals surface area (Å²) >= 11 is 0. The number of carbonyl (C=O) groups is 3. The molecule has 1 heterocycles. The fraction of sp³-hybridized carbons (Fsp3) is 0.375. The van der Waals surface area contributed by atoms with Crippen LogP contribution in [-0.4, -0.2) is 54.2 Å². The van der Waals surface area contributed by atoms with E-state index in [1.54, 1.807) is 32.9 Å². The Labute approximate surface area is 182 Å². The molecule has 2 aromatic rings. The number of carbonyl (C=O) groups excluding carboxylic acids is 3. The Morgan fingerprint density at radius 1 is 0.968 bits per heavy atom. The normalized spacial score (nSPS) is 18.4. The average molecular weight is 424 g/mol. The van der Waals surface area contributed by atoms with Crippen molar-refractivity contribution < 1.29 is 23.9 Å². The summed E-state index contributed by atoms with van der Waals surface area (Å²) in [5, 5.41) is 2.91. The zero-order chi connectivity index (χ0) is 22.6. The van der Waals surface area contributed by atoms with Gasteiger partial charge in [0.25, 0.3) is 5.91 Å². The predicted molar refractivity (Wildman–Crippen MR) is 116 cm³/mol. The van der Waals surface area contributed by atoms with Gasteiger partial charge >= 0.3 is 12.1 Å². The number of benzene rings is 2. The van der Waals surface area contributed by atoms with Crippen LogP contribution in [0.5, 0.6) is 0 Å². The third-order valence-corrected chi connectivity index (χ3v) is 4.99. The van der Waals surface area contributed by atoms with Crippen LogP contribution in [0.2, 0.25) is 0 Å². The second kappa shape index (κ2) is 9.20. The molecule has 0 aliphatic carbocycles. The Hall–Kier alpha value is -3.35. The Balaban J connectivity index is 1.68. The average Bonchev–Trinajstić information content (AvgIpc) is 3.16. The molecule has 1 N–H and O–H groups in total. The van der Waals surface area contributed by atoms with Crippen molar-refractivity contribution in [1.82, 2.24) is 10.2 Å². The molecule has 0 aromatic heterocycles. The van der Waals surface area contributed by atoms with Crippen LogP contribution < -0.4 is 5.32 Å². The molecule has 0 spiro atoms. The highest BCUT2D eigenvalue weighted by Crippen LogP contribution is 2.23. The van der Waals surface area contributed by atoms with Crippen molar-refractivity contribution in [2.45, 2.75) is 44.9 Å². The van der Waals surface area contributed by atoms with E-state index in [1.807, 2.05) is 42.5 Å². The zero-order valence-electron chi connectivity index (χ0n) is 18.3. The molecule has 2 amide bonds. The van der Waals surface area contributed by atoms with Gasteiger partial charge in [0.05, 0.1) is 7.11 Å². The minimum absolute atomic E-state index is 0.169. The van der Waals surface area contributed by atoms with Crippen LogP contribution in [0.1, 0.15) is 37.6 Å². The van der Waals surface area contributed by atoms with Crippen molar-refractivity contribution in [3.05, 3.63) is 60.2 Å². The minimum atomic E-state index is -0.800. The molecule has 0 bridgehead atoms. The first kappa shape index (κ1) is 22.3. The number of hydrogen-bond acceptors (Lipinski definition) is 5. The van der Waals surface area contributed by atoms with Crippen molar-refractivity contribution in [3.63, 3.8) is 0 Å². The first-order valence-electron chi connectivity index (χ1n) is 10.2. The van der Waals surface area contributed by atoms with Crippen LogP contribution in [0.15, 0.2) is 54.6 Å². The predicted octanol–water partition coefficient (Wildman–Crippen LogP) is 3.63. The quantitative estimate of drug-likeness (QED) is 0.758. The molecule has 1 aliphatic rings. The second-order valence-corrected chi connectivity index (χ2v) is 8.52. The summed E-state index contributed by atoms with van der Waals surface area (Å²) in [4.78, 5) is 38.8. The van der Waals surface area contributed by atoms with Crippen molar-refractivity contribution in [2.75, 3.05) is 13.7 Å². The van der Waals surface area contributed by atoms with Gasteiger partial charge in [0.2, 0.25) is 0 Å². The lowest BCUT2D eigenvalue weighted by Crippen LogP contribution is -2.44. The standard InChI is InChI=1S/C24H28N2O5/c1-24(2,3)31-23(29)26-15-19(14-20(26)22(28)30-4)25-21(27)18-12-10-17(11-13-18)16-8-6-5-7-9-16/h5-13,19-20H,14-15H2,1-4H3,(H,25,27)/t19-,20-/m0/s1. The van der Waals surface area contributed by atoms with Crippen LogP contribution in [-0.2, 0) is 14.3 Å². The number of ether oxygens (including phenoxy) is 2. The van der Waals surface area contributed by atoms with E-state index >= 15 is 0 Å². The molecule has 2 atom stereocenters. The molecule has 164 valence electrons. The second-order valence-electron chi connectivity index (χ2n) is 8.52. The van der Waals surface area contributed by atoms with Gasteiger partial charge in [-0.1, -0.05) is 42.5 Å². The van der Waals surface area contributed by atoms with E-state index in [0.29, 0.717) is 5.56 Å². The maximum atomic E-state index is 12.7. The van der Waals surface area contributed by atoms with Crippen molar-refractivity contribution in [1.29, 1.82) is 0 Å². The maximum Gasteiger partial charge on any atom is 0.411 e. The first-order chi connectivity index (χ1) is 14.7. The molecule has 31 heavy (non-hydrogen) atoms. The molecule has 7 heteroatoms. The number of esters is 1. The van der Waals surface area contributed by atoms with Gasteiger partial charge < -0.3 is 14.8 Å². The summed E-state index contributed by atoms with van der Waals surface area (Å²) in [6.45, 7) is 5.44. The number of hydrogen-bond donors (Lipinski definition) is 1. The summed E-state index contributed by atoms with van der Waals surface area (Å²) in [7, 11) is 1.27. The molecule has 1 fully saturated rings. The third kappa shape index (κ3) is 5.63. The molecule has 3 rings (SSSR count).